The number of imide groups is 1. The Morgan fingerprint density at radius 3 is 2.17 bits per heavy atom. The Bertz CT molecular complexity index is 529. The molecule has 94 valence electrons. The molecule has 1 unspecified atom stereocenters. The Morgan fingerprint density at radius 1 is 1.22 bits per heavy atom. The number of nitrogens with zero attached hydrogens (tertiary/aromatic N) is 2. The van der Waals surface area contributed by atoms with Gasteiger partial charge in [-0.15, -0.1) is 0 Å². The molecule has 1 aliphatic heterocycles. The first-order chi connectivity index (χ1) is 8.42. The average molecular weight is 285 g/mol. The van der Waals surface area contributed by atoms with Gasteiger partial charge in [0.05, 0.1) is 0 Å². The maximum absolute atomic E-state index is 12.0. The number of urea groups is 1. The van der Waals surface area contributed by atoms with Gasteiger partial charge >= 0.3 is 6.03 Å². The van der Waals surface area contributed by atoms with Crippen LogP contribution < -0.4 is 0 Å². The summed E-state index contributed by atoms with van der Waals surface area (Å²) < 4.78 is 1.31. The molecule has 3 amide bonds. The summed E-state index contributed by atoms with van der Waals surface area (Å²) in [6, 6.07) is 6.25. The highest BCUT2D eigenvalue weighted by molar-refractivity contribution is 6.39. The van der Waals surface area contributed by atoms with Crippen molar-refractivity contribution in [3.8, 4) is 0 Å². The smallest absolute Gasteiger partial charge is 0.270 e. The zero-order valence-electron chi connectivity index (χ0n) is 9.56. The minimum absolute atomic E-state index is 0.494. The van der Waals surface area contributed by atoms with E-state index < -0.39 is 17.5 Å². The fraction of sp³-hybridized carbons (Fsp3) is 0.167. The lowest BCUT2D eigenvalue weighted by molar-refractivity contribution is -0.128. The molecule has 0 radical (unpaired) electrons. The van der Waals surface area contributed by atoms with Crippen LogP contribution in [0.5, 0.6) is 0 Å². The summed E-state index contributed by atoms with van der Waals surface area (Å²) in [5.41, 5.74) is 0.202. The van der Waals surface area contributed by atoms with Crippen LogP contribution in [0.3, 0.4) is 0 Å². The van der Waals surface area contributed by atoms with Crippen molar-refractivity contribution in [3.05, 3.63) is 42.0 Å². The molecule has 0 saturated carbocycles. The second-order valence-electron chi connectivity index (χ2n) is 4.05. The van der Waals surface area contributed by atoms with Crippen LogP contribution in [0, 0.1) is 0 Å². The summed E-state index contributed by atoms with van der Waals surface area (Å²) in [4.78, 5) is 23.6. The van der Waals surface area contributed by atoms with Crippen molar-refractivity contribution in [1.82, 2.24) is 8.84 Å². The van der Waals surface area contributed by atoms with Crippen LogP contribution in [-0.4, -0.2) is 20.8 Å². The first kappa shape index (κ1) is 12.9. The Balaban J connectivity index is 2.50. The Kier molecular flexibility index (Phi) is 3.09. The molecule has 1 heterocycles. The van der Waals surface area contributed by atoms with Gasteiger partial charge in [0.25, 0.3) is 5.91 Å². The van der Waals surface area contributed by atoms with Gasteiger partial charge in [0.2, 0.25) is 0 Å². The number of amides is 3. The van der Waals surface area contributed by atoms with E-state index in [2.05, 4.69) is 6.58 Å². The molecular formula is C12H10Cl2N2O2. The normalized spacial score (nSPS) is 23.7. The van der Waals surface area contributed by atoms with Gasteiger partial charge < -0.3 is 0 Å². The zero-order valence-corrected chi connectivity index (χ0v) is 11.1. The van der Waals surface area contributed by atoms with E-state index in [0.717, 1.165) is 9.98 Å². The molecule has 4 nitrogen and oxygen atoms in total. The van der Waals surface area contributed by atoms with Crippen LogP contribution >= 0.6 is 23.6 Å². The minimum Gasteiger partial charge on any atom is -0.270 e. The molecule has 0 aromatic heterocycles. The van der Waals surface area contributed by atoms with Crippen LogP contribution in [0.1, 0.15) is 18.1 Å². The fourth-order valence-corrected chi connectivity index (χ4v) is 2.34. The maximum atomic E-state index is 12.0. The summed E-state index contributed by atoms with van der Waals surface area (Å²) in [7, 11) is 0. The lowest BCUT2D eigenvalue weighted by atomic mass is 9.91. The standard InChI is InChI=1S/C12H10Cl2N2O2/c1-3-8-4-6-9(7-5-8)12(2)10(17)15(13)11(18)16(12)14/h3-7H,1H2,2H3. The second-order valence-corrected chi connectivity index (χ2v) is 4.72. The highest BCUT2D eigenvalue weighted by atomic mass is 35.5. The Labute approximate surface area is 115 Å². The van der Waals surface area contributed by atoms with Crippen molar-refractivity contribution in [2.75, 3.05) is 0 Å². The number of rotatable bonds is 2. The summed E-state index contributed by atoms with van der Waals surface area (Å²) >= 11 is 11.5. The van der Waals surface area contributed by atoms with Gasteiger partial charge in [-0.25, -0.2) is 9.21 Å². The topological polar surface area (TPSA) is 40.6 Å². The largest absolute Gasteiger partial charge is 0.357 e. The summed E-state index contributed by atoms with van der Waals surface area (Å²) in [5.74, 6) is -0.574. The lowest BCUT2D eigenvalue weighted by Gasteiger charge is -2.26. The maximum Gasteiger partial charge on any atom is 0.357 e. The first-order valence-electron chi connectivity index (χ1n) is 5.16. The van der Waals surface area contributed by atoms with E-state index in [0.29, 0.717) is 9.98 Å². The Hall–Kier alpha value is -1.52. The molecule has 1 aromatic carbocycles. The third-order valence-electron chi connectivity index (χ3n) is 3.03. The SMILES string of the molecule is C=Cc1ccc(C2(C)C(=O)N(Cl)C(=O)N2Cl)cc1. The van der Waals surface area contributed by atoms with E-state index in [4.69, 9.17) is 23.6 Å². The molecule has 0 aliphatic carbocycles. The molecule has 1 atom stereocenters. The number of hydrogen-bond donors (Lipinski definition) is 0. The van der Waals surface area contributed by atoms with Crippen molar-refractivity contribution < 1.29 is 9.59 Å². The van der Waals surface area contributed by atoms with Gasteiger partial charge in [0, 0.05) is 23.6 Å². The van der Waals surface area contributed by atoms with E-state index >= 15 is 0 Å². The summed E-state index contributed by atoms with van der Waals surface area (Å²) in [5, 5.41) is 0. The second kappa shape index (κ2) is 4.30. The quantitative estimate of drug-likeness (QED) is 0.618. The molecule has 1 fully saturated rings. The van der Waals surface area contributed by atoms with Gasteiger partial charge in [-0.3, -0.25) is 4.79 Å². The molecule has 1 saturated heterocycles. The predicted molar refractivity (Wildman–Crippen MR) is 69.7 cm³/mol. The molecule has 0 spiro atoms. The minimum atomic E-state index is -1.29. The Morgan fingerprint density at radius 2 is 1.78 bits per heavy atom. The monoisotopic (exact) mass is 284 g/mol. The molecule has 1 aromatic rings. The third-order valence-corrected chi connectivity index (χ3v) is 3.81. The number of hydrogen-bond acceptors (Lipinski definition) is 2. The van der Waals surface area contributed by atoms with Crippen LogP contribution in [0.15, 0.2) is 30.8 Å². The van der Waals surface area contributed by atoms with E-state index in [9.17, 15) is 9.59 Å². The molecule has 18 heavy (non-hydrogen) atoms. The van der Waals surface area contributed by atoms with Gasteiger partial charge in [-0.2, -0.15) is 4.42 Å². The van der Waals surface area contributed by atoms with Gasteiger partial charge in [-0.1, -0.05) is 36.9 Å². The number of carbonyl (C=O) groups is 2. The molecule has 1 aliphatic rings. The van der Waals surface area contributed by atoms with Gasteiger partial charge in [0.1, 0.15) is 0 Å². The van der Waals surface area contributed by atoms with Crippen LogP contribution in [-0.2, 0) is 10.3 Å². The molecule has 0 bridgehead atoms. The number of carbonyl (C=O) groups excluding carboxylic acids is 2. The van der Waals surface area contributed by atoms with E-state index in [-0.39, 0.29) is 0 Å². The molecular weight excluding hydrogens is 275 g/mol. The van der Waals surface area contributed by atoms with Gasteiger partial charge in [-0.05, 0) is 18.1 Å². The van der Waals surface area contributed by atoms with Crippen molar-refractivity contribution in [2.24, 2.45) is 0 Å². The van der Waals surface area contributed by atoms with Crippen molar-refractivity contribution in [3.63, 3.8) is 0 Å². The molecule has 6 heteroatoms. The van der Waals surface area contributed by atoms with E-state index in [1.54, 1.807) is 37.3 Å². The first-order valence-corrected chi connectivity index (χ1v) is 5.84. The van der Waals surface area contributed by atoms with Crippen LogP contribution in [0.2, 0.25) is 0 Å². The third kappa shape index (κ3) is 1.61. The number of halogens is 2. The summed E-state index contributed by atoms with van der Waals surface area (Å²) in [6.45, 7) is 5.19. The van der Waals surface area contributed by atoms with Crippen molar-refractivity contribution in [1.29, 1.82) is 0 Å². The fourth-order valence-electron chi connectivity index (χ4n) is 1.81. The summed E-state index contributed by atoms with van der Waals surface area (Å²) in [6.07, 6.45) is 1.68. The number of benzene rings is 1. The van der Waals surface area contributed by atoms with Crippen molar-refractivity contribution in [2.45, 2.75) is 12.5 Å². The van der Waals surface area contributed by atoms with Crippen molar-refractivity contribution >= 4 is 41.6 Å². The average Bonchev–Trinajstić information content (AvgIpc) is 2.55. The van der Waals surface area contributed by atoms with E-state index in [1.165, 1.54) is 0 Å². The van der Waals surface area contributed by atoms with Crippen LogP contribution in [0.25, 0.3) is 6.08 Å². The van der Waals surface area contributed by atoms with Gasteiger partial charge in [0.15, 0.2) is 5.54 Å². The van der Waals surface area contributed by atoms with Crippen LogP contribution in [0.4, 0.5) is 4.79 Å². The highest BCUT2D eigenvalue weighted by Gasteiger charge is 2.55. The highest BCUT2D eigenvalue weighted by Crippen LogP contribution is 2.39. The lowest BCUT2D eigenvalue weighted by Crippen LogP contribution is -2.38. The van der Waals surface area contributed by atoms with E-state index in [1.807, 2.05) is 0 Å². The molecule has 2 rings (SSSR count). The predicted octanol–water partition coefficient (Wildman–Crippen LogP) is 3.12. The zero-order chi connectivity index (χ0) is 13.5. The molecule has 0 N–H and O–H groups in total.